The molecule has 3 rings (SSSR count). The molecule has 1 amide bonds. The zero-order chi connectivity index (χ0) is 20.2. The number of rotatable bonds is 7. The molecule has 0 radical (unpaired) electrons. The molecule has 1 saturated carbocycles. The summed E-state index contributed by atoms with van der Waals surface area (Å²) in [5, 5.41) is 3.11. The van der Waals surface area contributed by atoms with Crippen LogP contribution in [0.15, 0.2) is 48.5 Å². The number of para-hydroxylation sites is 1. The summed E-state index contributed by atoms with van der Waals surface area (Å²) in [6, 6.07) is 15.6. The molecule has 0 aromatic heterocycles. The van der Waals surface area contributed by atoms with Crippen LogP contribution in [0, 0.1) is 6.92 Å². The Labute approximate surface area is 167 Å². The van der Waals surface area contributed by atoms with E-state index in [0.717, 1.165) is 19.1 Å². The SMILES string of the molecule is Cc1cccc(C2(CNC(=O)Cc3ccccc3NS(C)(=O)=O)CCCC2)c1. The van der Waals surface area contributed by atoms with Gasteiger partial charge in [-0.2, -0.15) is 0 Å². The molecule has 0 aliphatic heterocycles. The summed E-state index contributed by atoms with van der Waals surface area (Å²) >= 11 is 0. The first-order chi connectivity index (χ1) is 13.3. The fraction of sp³-hybridized carbons (Fsp3) is 0.409. The fourth-order valence-corrected chi connectivity index (χ4v) is 4.67. The quantitative estimate of drug-likeness (QED) is 0.746. The molecule has 6 heteroatoms. The first kappa shape index (κ1) is 20.4. The molecule has 1 aliphatic rings. The molecule has 2 aromatic carbocycles. The van der Waals surface area contributed by atoms with Crippen molar-refractivity contribution in [3.63, 3.8) is 0 Å². The summed E-state index contributed by atoms with van der Waals surface area (Å²) in [5.41, 5.74) is 3.64. The van der Waals surface area contributed by atoms with Gasteiger partial charge in [-0.25, -0.2) is 8.42 Å². The molecule has 150 valence electrons. The zero-order valence-corrected chi connectivity index (χ0v) is 17.3. The van der Waals surface area contributed by atoms with Crippen molar-refractivity contribution in [2.45, 2.75) is 44.4 Å². The number of benzene rings is 2. The van der Waals surface area contributed by atoms with Gasteiger partial charge in [0.05, 0.1) is 18.4 Å². The molecule has 0 saturated heterocycles. The predicted molar refractivity (Wildman–Crippen MR) is 113 cm³/mol. The molecule has 5 nitrogen and oxygen atoms in total. The third-order valence-corrected chi connectivity index (χ3v) is 6.07. The van der Waals surface area contributed by atoms with E-state index in [-0.39, 0.29) is 17.7 Å². The standard InChI is InChI=1S/C22H28N2O3S/c1-17-8-7-10-19(14-17)22(12-5-6-13-22)16-23-21(25)15-18-9-3-4-11-20(18)24-28(2,26)27/h3-4,7-11,14,24H,5-6,12-13,15-16H2,1-2H3,(H,23,25). The van der Waals surface area contributed by atoms with E-state index in [1.54, 1.807) is 24.3 Å². The lowest BCUT2D eigenvalue weighted by molar-refractivity contribution is -0.120. The monoisotopic (exact) mass is 400 g/mol. The van der Waals surface area contributed by atoms with Gasteiger partial charge >= 0.3 is 0 Å². The Kier molecular flexibility index (Phi) is 6.08. The van der Waals surface area contributed by atoms with Crippen molar-refractivity contribution >= 4 is 21.6 Å². The number of hydrogen-bond acceptors (Lipinski definition) is 3. The van der Waals surface area contributed by atoms with Gasteiger partial charge in [0.1, 0.15) is 0 Å². The lowest BCUT2D eigenvalue weighted by Gasteiger charge is -2.30. The first-order valence-corrected chi connectivity index (χ1v) is 11.6. The van der Waals surface area contributed by atoms with E-state index in [9.17, 15) is 13.2 Å². The van der Waals surface area contributed by atoms with E-state index in [1.807, 2.05) is 0 Å². The van der Waals surface area contributed by atoms with Gasteiger partial charge in [0.15, 0.2) is 0 Å². The lowest BCUT2D eigenvalue weighted by Crippen LogP contribution is -2.39. The topological polar surface area (TPSA) is 75.3 Å². The van der Waals surface area contributed by atoms with E-state index in [4.69, 9.17) is 0 Å². The summed E-state index contributed by atoms with van der Waals surface area (Å²) in [4.78, 5) is 12.6. The van der Waals surface area contributed by atoms with Crippen molar-refractivity contribution in [2.75, 3.05) is 17.5 Å². The average Bonchev–Trinajstić information content (AvgIpc) is 3.11. The normalized spacial score (nSPS) is 15.9. The van der Waals surface area contributed by atoms with E-state index in [1.165, 1.54) is 24.0 Å². The molecule has 0 unspecified atom stereocenters. The summed E-state index contributed by atoms with van der Waals surface area (Å²) in [6.07, 6.45) is 5.74. The van der Waals surface area contributed by atoms with Crippen molar-refractivity contribution in [1.82, 2.24) is 5.32 Å². The highest BCUT2D eigenvalue weighted by Gasteiger charge is 2.35. The zero-order valence-electron chi connectivity index (χ0n) is 16.5. The van der Waals surface area contributed by atoms with Crippen LogP contribution in [0.2, 0.25) is 0 Å². The van der Waals surface area contributed by atoms with Gasteiger partial charge < -0.3 is 5.32 Å². The molecule has 0 atom stereocenters. The van der Waals surface area contributed by atoms with Gasteiger partial charge in [-0.05, 0) is 37.0 Å². The van der Waals surface area contributed by atoms with Crippen LogP contribution in [-0.2, 0) is 26.7 Å². The summed E-state index contributed by atoms with van der Waals surface area (Å²) < 4.78 is 25.6. The minimum Gasteiger partial charge on any atom is -0.355 e. The van der Waals surface area contributed by atoms with Gasteiger partial charge in [-0.3, -0.25) is 9.52 Å². The molecule has 28 heavy (non-hydrogen) atoms. The van der Waals surface area contributed by atoms with Crippen LogP contribution in [-0.4, -0.2) is 27.1 Å². The van der Waals surface area contributed by atoms with Crippen LogP contribution < -0.4 is 10.0 Å². The van der Waals surface area contributed by atoms with Gasteiger partial charge in [0, 0.05) is 12.0 Å². The van der Waals surface area contributed by atoms with Gasteiger partial charge in [-0.15, -0.1) is 0 Å². The number of carbonyl (C=O) groups is 1. The first-order valence-electron chi connectivity index (χ1n) is 9.67. The van der Waals surface area contributed by atoms with Crippen LogP contribution in [0.1, 0.15) is 42.4 Å². The smallest absolute Gasteiger partial charge is 0.229 e. The largest absolute Gasteiger partial charge is 0.355 e. The van der Waals surface area contributed by atoms with Crippen LogP contribution in [0.25, 0.3) is 0 Å². The van der Waals surface area contributed by atoms with E-state index in [2.05, 4.69) is 41.2 Å². The molecule has 0 spiro atoms. The summed E-state index contributed by atoms with van der Waals surface area (Å²) in [6.45, 7) is 2.70. The number of hydrogen-bond donors (Lipinski definition) is 2. The minimum absolute atomic E-state index is 0.00773. The molecule has 0 bridgehead atoms. The van der Waals surface area contributed by atoms with E-state index >= 15 is 0 Å². The molecule has 0 heterocycles. The van der Waals surface area contributed by atoms with Crippen LogP contribution in [0.3, 0.4) is 0 Å². The Hall–Kier alpha value is -2.34. The molecule has 2 N–H and O–H groups in total. The maximum absolute atomic E-state index is 12.6. The molecule has 1 aliphatic carbocycles. The Morgan fingerprint density at radius 1 is 1.07 bits per heavy atom. The van der Waals surface area contributed by atoms with Crippen molar-refractivity contribution in [1.29, 1.82) is 0 Å². The van der Waals surface area contributed by atoms with E-state index in [0.29, 0.717) is 17.8 Å². The number of aryl methyl sites for hydroxylation is 1. The maximum Gasteiger partial charge on any atom is 0.229 e. The highest BCUT2D eigenvalue weighted by atomic mass is 32.2. The third-order valence-electron chi connectivity index (χ3n) is 5.48. The third kappa shape index (κ3) is 5.13. The number of amides is 1. The molecular formula is C22H28N2O3S. The predicted octanol–water partition coefficient (Wildman–Crippen LogP) is 3.54. The second-order valence-electron chi connectivity index (χ2n) is 7.84. The van der Waals surface area contributed by atoms with Crippen LogP contribution in [0.4, 0.5) is 5.69 Å². The number of sulfonamides is 1. The number of carbonyl (C=O) groups excluding carboxylic acids is 1. The number of nitrogens with one attached hydrogen (secondary N) is 2. The summed E-state index contributed by atoms with van der Waals surface area (Å²) in [5.74, 6) is -0.0957. The fourth-order valence-electron chi connectivity index (χ4n) is 4.07. The lowest BCUT2D eigenvalue weighted by atomic mass is 9.78. The molecule has 2 aromatic rings. The maximum atomic E-state index is 12.6. The van der Waals surface area contributed by atoms with Crippen LogP contribution in [0.5, 0.6) is 0 Å². The Morgan fingerprint density at radius 2 is 1.79 bits per heavy atom. The molecule has 1 fully saturated rings. The Morgan fingerprint density at radius 3 is 2.46 bits per heavy atom. The van der Waals surface area contributed by atoms with Crippen molar-refractivity contribution < 1.29 is 13.2 Å². The van der Waals surface area contributed by atoms with Crippen molar-refractivity contribution in [3.8, 4) is 0 Å². The Bertz CT molecular complexity index is 948. The van der Waals surface area contributed by atoms with E-state index < -0.39 is 10.0 Å². The van der Waals surface area contributed by atoms with Crippen molar-refractivity contribution in [2.24, 2.45) is 0 Å². The minimum atomic E-state index is -3.39. The Balaban J connectivity index is 1.70. The highest BCUT2D eigenvalue weighted by molar-refractivity contribution is 7.92. The second-order valence-corrected chi connectivity index (χ2v) is 9.59. The molecular weight excluding hydrogens is 372 g/mol. The van der Waals surface area contributed by atoms with Gasteiger partial charge in [0.2, 0.25) is 15.9 Å². The summed E-state index contributed by atoms with van der Waals surface area (Å²) in [7, 11) is -3.39. The van der Waals surface area contributed by atoms with Crippen LogP contribution >= 0.6 is 0 Å². The second kappa shape index (κ2) is 8.35. The average molecular weight is 401 g/mol. The van der Waals surface area contributed by atoms with Gasteiger partial charge in [0.25, 0.3) is 0 Å². The number of anilines is 1. The van der Waals surface area contributed by atoms with Crippen molar-refractivity contribution in [3.05, 3.63) is 65.2 Å². The highest BCUT2D eigenvalue weighted by Crippen LogP contribution is 2.40. The van der Waals surface area contributed by atoms with Gasteiger partial charge in [-0.1, -0.05) is 60.9 Å².